The summed E-state index contributed by atoms with van der Waals surface area (Å²) >= 11 is 5.74. The largest absolute Gasteiger partial charge is 0.409 e. The normalized spacial score (nSPS) is 13.2. The predicted octanol–water partition coefficient (Wildman–Crippen LogP) is 1.34. The molecule has 0 fully saturated rings. The van der Waals surface area contributed by atoms with Gasteiger partial charge in [-0.2, -0.15) is 0 Å². The topological polar surface area (TPSA) is 87.7 Å². The maximum Gasteiger partial charge on any atom is 0.230 e. The van der Waals surface area contributed by atoms with Gasteiger partial charge in [0, 0.05) is 11.6 Å². The van der Waals surface area contributed by atoms with E-state index in [0.29, 0.717) is 11.6 Å². The van der Waals surface area contributed by atoms with Crippen LogP contribution in [-0.4, -0.2) is 17.0 Å². The average molecular weight is 256 g/mol. The number of nitrogens with zero attached hydrogens (tertiary/aromatic N) is 1. The second kappa shape index (κ2) is 6.10. The van der Waals surface area contributed by atoms with E-state index in [2.05, 4.69) is 10.5 Å². The Kier molecular flexibility index (Phi) is 4.78. The first-order valence-electron chi connectivity index (χ1n) is 5.04. The van der Waals surface area contributed by atoms with E-state index in [-0.39, 0.29) is 11.7 Å². The van der Waals surface area contributed by atoms with Crippen molar-refractivity contribution in [2.24, 2.45) is 16.8 Å². The van der Waals surface area contributed by atoms with E-state index in [1.165, 1.54) is 0 Å². The highest BCUT2D eigenvalue weighted by Crippen LogP contribution is 2.09. The molecule has 1 amide bonds. The highest BCUT2D eigenvalue weighted by atomic mass is 35.5. The monoisotopic (exact) mass is 255 g/mol. The molecule has 1 aromatic rings. The molecule has 1 unspecified atom stereocenters. The van der Waals surface area contributed by atoms with Crippen molar-refractivity contribution in [1.29, 1.82) is 0 Å². The summed E-state index contributed by atoms with van der Waals surface area (Å²) in [5.41, 5.74) is 6.25. The van der Waals surface area contributed by atoms with Crippen molar-refractivity contribution in [3.63, 3.8) is 0 Å². The van der Waals surface area contributed by atoms with Crippen LogP contribution in [-0.2, 0) is 11.3 Å². The fourth-order valence-corrected chi connectivity index (χ4v) is 1.29. The van der Waals surface area contributed by atoms with Gasteiger partial charge in [-0.1, -0.05) is 28.9 Å². The molecule has 4 N–H and O–H groups in total. The summed E-state index contributed by atoms with van der Waals surface area (Å²) in [4.78, 5) is 11.6. The number of nitrogens with two attached hydrogens (primary N) is 1. The van der Waals surface area contributed by atoms with Crippen molar-refractivity contribution in [2.75, 3.05) is 0 Å². The van der Waals surface area contributed by atoms with Crippen LogP contribution in [0.15, 0.2) is 29.4 Å². The molecule has 6 heteroatoms. The van der Waals surface area contributed by atoms with Crippen LogP contribution in [0.2, 0.25) is 5.02 Å². The molecule has 0 saturated heterocycles. The molecule has 0 aliphatic heterocycles. The SMILES string of the molecule is CC(C(=O)NCc1ccc(Cl)cc1)C(N)=NO. The van der Waals surface area contributed by atoms with E-state index < -0.39 is 5.92 Å². The van der Waals surface area contributed by atoms with Crippen molar-refractivity contribution >= 4 is 23.3 Å². The highest BCUT2D eigenvalue weighted by Gasteiger charge is 2.16. The number of nitrogens with one attached hydrogen (secondary N) is 1. The van der Waals surface area contributed by atoms with Crippen molar-refractivity contribution in [3.8, 4) is 0 Å². The Morgan fingerprint density at radius 2 is 2.12 bits per heavy atom. The van der Waals surface area contributed by atoms with Gasteiger partial charge in [-0.05, 0) is 24.6 Å². The molecule has 0 radical (unpaired) electrons. The molecule has 1 aromatic carbocycles. The number of amides is 1. The van der Waals surface area contributed by atoms with Crippen LogP contribution in [0.4, 0.5) is 0 Å². The summed E-state index contributed by atoms with van der Waals surface area (Å²) in [6.45, 7) is 1.94. The number of rotatable bonds is 4. The van der Waals surface area contributed by atoms with Gasteiger partial charge in [0.1, 0.15) is 0 Å². The quantitative estimate of drug-likeness (QED) is 0.328. The van der Waals surface area contributed by atoms with Gasteiger partial charge in [-0.15, -0.1) is 0 Å². The van der Waals surface area contributed by atoms with E-state index in [9.17, 15) is 4.79 Å². The lowest BCUT2D eigenvalue weighted by Gasteiger charge is -2.10. The van der Waals surface area contributed by atoms with Gasteiger partial charge < -0.3 is 16.3 Å². The van der Waals surface area contributed by atoms with Gasteiger partial charge in [0.2, 0.25) is 5.91 Å². The molecule has 5 nitrogen and oxygen atoms in total. The van der Waals surface area contributed by atoms with E-state index in [1.807, 2.05) is 12.1 Å². The number of benzene rings is 1. The van der Waals surface area contributed by atoms with Gasteiger partial charge in [0.05, 0.1) is 5.92 Å². The number of amidine groups is 1. The van der Waals surface area contributed by atoms with Crippen LogP contribution in [0.5, 0.6) is 0 Å². The third kappa shape index (κ3) is 3.96. The zero-order chi connectivity index (χ0) is 12.8. The van der Waals surface area contributed by atoms with Crippen LogP contribution in [0.25, 0.3) is 0 Å². The molecule has 0 aliphatic carbocycles. The van der Waals surface area contributed by atoms with Crippen molar-refractivity contribution in [2.45, 2.75) is 13.5 Å². The molecule has 0 heterocycles. The van der Waals surface area contributed by atoms with Gasteiger partial charge in [0.25, 0.3) is 0 Å². The summed E-state index contributed by atoms with van der Waals surface area (Å²) in [5, 5.41) is 14.6. The number of carbonyl (C=O) groups excluding carboxylic acids is 1. The first-order chi connectivity index (χ1) is 8.04. The number of carbonyl (C=O) groups is 1. The number of oxime groups is 1. The van der Waals surface area contributed by atoms with E-state index in [1.54, 1.807) is 19.1 Å². The molecule has 92 valence electrons. The Labute approximate surface area is 104 Å². The molecular weight excluding hydrogens is 242 g/mol. The lowest BCUT2D eigenvalue weighted by molar-refractivity contribution is -0.122. The minimum atomic E-state index is -0.660. The summed E-state index contributed by atoms with van der Waals surface area (Å²) in [6, 6.07) is 7.12. The molecule has 0 saturated carbocycles. The van der Waals surface area contributed by atoms with Crippen LogP contribution in [0.3, 0.4) is 0 Å². The van der Waals surface area contributed by atoms with E-state index in [4.69, 9.17) is 22.5 Å². The molecule has 17 heavy (non-hydrogen) atoms. The zero-order valence-corrected chi connectivity index (χ0v) is 10.1. The third-order valence-electron chi connectivity index (χ3n) is 2.33. The maximum absolute atomic E-state index is 11.6. The first kappa shape index (κ1) is 13.3. The van der Waals surface area contributed by atoms with Gasteiger partial charge in [-0.25, -0.2) is 0 Å². The summed E-state index contributed by atoms with van der Waals surface area (Å²) in [6.07, 6.45) is 0. The Balaban J connectivity index is 2.51. The Morgan fingerprint density at radius 3 is 2.65 bits per heavy atom. The molecule has 0 aromatic heterocycles. The van der Waals surface area contributed by atoms with Gasteiger partial charge in [-0.3, -0.25) is 4.79 Å². The Bertz CT molecular complexity index is 417. The standard InChI is InChI=1S/C11H14ClN3O2/c1-7(10(13)15-17)11(16)14-6-8-2-4-9(12)5-3-8/h2-5,7,17H,6H2,1H3,(H2,13,15)(H,14,16). The van der Waals surface area contributed by atoms with Crippen LogP contribution in [0, 0.1) is 5.92 Å². The van der Waals surface area contributed by atoms with Crippen molar-refractivity contribution in [3.05, 3.63) is 34.9 Å². The lowest BCUT2D eigenvalue weighted by Crippen LogP contribution is -2.36. The fourth-order valence-electron chi connectivity index (χ4n) is 1.17. The fraction of sp³-hybridized carbons (Fsp3) is 0.273. The predicted molar refractivity (Wildman–Crippen MR) is 65.9 cm³/mol. The van der Waals surface area contributed by atoms with Gasteiger partial charge in [0.15, 0.2) is 5.84 Å². The zero-order valence-electron chi connectivity index (χ0n) is 9.35. The third-order valence-corrected chi connectivity index (χ3v) is 2.58. The van der Waals surface area contributed by atoms with Gasteiger partial charge >= 0.3 is 0 Å². The van der Waals surface area contributed by atoms with Crippen molar-refractivity contribution in [1.82, 2.24) is 5.32 Å². The van der Waals surface area contributed by atoms with Crippen LogP contribution in [0.1, 0.15) is 12.5 Å². The molecule has 0 bridgehead atoms. The summed E-state index contributed by atoms with van der Waals surface area (Å²) < 4.78 is 0. The number of hydrogen-bond donors (Lipinski definition) is 3. The molecule has 1 atom stereocenters. The smallest absolute Gasteiger partial charge is 0.230 e. The van der Waals surface area contributed by atoms with Crippen molar-refractivity contribution < 1.29 is 10.0 Å². The second-order valence-corrected chi connectivity index (χ2v) is 4.03. The van der Waals surface area contributed by atoms with E-state index >= 15 is 0 Å². The number of halogens is 1. The maximum atomic E-state index is 11.6. The lowest BCUT2D eigenvalue weighted by atomic mass is 10.1. The molecule has 0 aliphatic rings. The second-order valence-electron chi connectivity index (χ2n) is 3.59. The minimum Gasteiger partial charge on any atom is -0.409 e. The summed E-state index contributed by atoms with van der Waals surface area (Å²) in [5.74, 6) is -1.07. The van der Waals surface area contributed by atoms with Crippen LogP contribution >= 0.6 is 11.6 Å². The Morgan fingerprint density at radius 1 is 1.53 bits per heavy atom. The summed E-state index contributed by atoms with van der Waals surface area (Å²) in [7, 11) is 0. The minimum absolute atomic E-state index is 0.112. The number of hydrogen-bond acceptors (Lipinski definition) is 3. The van der Waals surface area contributed by atoms with Crippen LogP contribution < -0.4 is 11.1 Å². The van der Waals surface area contributed by atoms with E-state index in [0.717, 1.165) is 5.56 Å². The molecular formula is C11H14ClN3O2. The Hall–Kier alpha value is -1.75. The first-order valence-corrected chi connectivity index (χ1v) is 5.42. The molecule has 1 rings (SSSR count). The average Bonchev–Trinajstić information content (AvgIpc) is 2.35. The highest BCUT2D eigenvalue weighted by molar-refractivity contribution is 6.30. The molecule has 0 spiro atoms.